The summed E-state index contributed by atoms with van der Waals surface area (Å²) in [5.74, 6) is 0.997. The average molecular weight is 459 g/mol. The molecule has 3 saturated heterocycles. The van der Waals surface area contributed by atoms with Crippen molar-refractivity contribution in [1.82, 2.24) is 25.1 Å². The van der Waals surface area contributed by atoms with E-state index in [1.807, 2.05) is 25.7 Å². The van der Waals surface area contributed by atoms with Gasteiger partial charge < -0.3 is 24.6 Å². The summed E-state index contributed by atoms with van der Waals surface area (Å²) in [7, 11) is 2.16. The zero-order valence-electron chi connectivity index (χ0n) is 20.5. The fraction of sp³-hybridized carbons (Fsp3) is 0.792. The van der Waals surface area contributed by atoms with Crippen LogP contribution in [0.4, 0.5) is 10.6 Å². The Morgan fingerprint density at radius 2 is 1.91 bits per heavy atom. The maximum atomic E-state index is 12.9. The second kappa shape index (κ2) is 8.91. The SMILES string of the molecule is CN1CCC[C@H]1COc1nc2c(c(N3C[C@H]4CC[C@@H](C3)N4C(=O)OC(C)(C)C)n1)CCNC2. The molecular formula is C24H38N6O3. The molecule has 182 valence electrons. The lowest BCUT2D eigenvalue weighted by Gasteiger charge is -2.42. The standard InChI is InChI=1S/C24H38N6O3/c1-24(2,3)33-23(31)30-16-7-8-17(30)14-29(13-16)21-19-9-10-25-12-20(19)26-22(27-21)32-15-18-6-5-11-28(18)4/h16-18,25H,5-15H2,1-4H3/t16-,17+,18-/m0/s1. The lowest BCUT2D eigenvalue weighted by molar-refractivity contribution is 0.0122. The Labute approximate surface area is 196 Å². The van der Waals surface area contributed by atoms with Crippen LogP contribution in [0.25, 0.3) is 0 Å². The molecule has 3 fully saturated rings. The molecule has 0 aliphatic carbocycles. The molecule has 0 saturated carbocycles. The molecule has 4 aliphatic rings. The van der Waals surface area contributed by atoms with Crippen molar-refractivity contribution >= 4 is 11.9 Å². The summed E-state index contributed by atoms with van der Waals surface area (Å²) in [5, 5.41) is 3.43. The highest BCUT2D eigenvalue weighted by Crippen LogP contribution is 2.36. The van der Waals surface area contributed by atoms with Gasteiger partial charge in [-0.25, -0.2) is 4.79 Å². The van der Waals surface area contributed by atoms with Gasteiger partial charge in [0.15, 0.2) is 0 Å². The number of carbonyl (C=O) groups excluding carboxylic acids is 1. The van der Waals surface area contributed by atoms with Crippen LogP contribution in [-0.2, 0) is 17.7 Å². The Morgan fingerprint density at radius 3 is 2.58 bits per heavy atom. The number of hydrogen-bond donors (Lipinski definition) is 1. The predicted octanol–water partition coefficient (Wildman–Crippen LogP) is 2.18. The lowest BCUT2D eigenvalue weighted by Crippen LogP contribution is -2.57. The van der Waals surface area contributed by atoms with Crippen molar-refractivity contribution in [2.45, 2.75) is 83.1 Å². The van der Waals surface area contributed by atoms with Gasteiger partial charge in [-0.3, -0.25) is 4.90 Å². The molecule has 0 radical (unpaired) electrons. The molecule has 9 nitrogen and oxygen atoms in total. The van der Waals surface area contributed by atoms with E-state index in [1.165, 1.54) is 12.0 Å². The van der Waals surface area contributed by atoms with Crippen molar-refractivity contribution < 1.29 is 14.3 Å². The number of fused-ring (bicyclic) bond motifs is 3. The molecule has 1 aromatic rings. The van der Waals surface area contributed by atoms with Gasteiger partial charge >= 0.3 is 12.1 Å². The molecular weight excluding hydrogens is 420 g/mol. The number of hydrogen-bond acceptors (Lipinski definition) is 8. The first-order valence-corrected chi connectivity index (χ1v) is 12.5. The first-order chi connectivity index (χ1) is 15.8. The van der Waals surface area contributed by atoms with Gasteiger partial charge in [0.2, 0.25) is 0 Å². The number of carbonyl (C=O) groups is 1. The van der Waals surface area contributed by atoms with Gasteiger partial charge in [0.25, 0.3) is 0 Å². The zero-order valence-corrected chi connectivity index (χ0v) is 20.5. The Morgan fingerprint density at radius 1 is 1.15 bits per heavy atom. The molecule has 2 bridgehead atoms. The molecule has 1 amide bonds. The number of nitrogens with one attached hydrogen (secondary N) is 1. The third-order valence-electron chi connectivity index (χ3n) is 7.36. The summed E-state index contributed by atoms with van der Waals surface area (Å²) in [6, 6.07) is 1.22. The Balaban J connectivity index is 1.35. The quantitative estimate of drug-likeness (QED) is 0.735. The minimum atomic E-state index is -0.480. The van der Waals surface area contributed by atoms with E-state index in [2.05, 4.69) is 22.2 Å². The Bertz CT molecular complexity index is 874. The minimum absolute atomic E-state index is 0.155. The van der Waals surface area contributed by atoms with Crippen molar-refractivity contribution in [2.75, 3.05) is 44.7 Å². The number of likely N-dealkylation sites (N-methyl/N-ethyl adjacent to an activating group) is 1. The van der Waals surface area contributed by atoms with Crippen molar-refractivity contribution in [1.29, 1.82) is 0 Å². The molecule has 1 N–H and O–H groups in total. The summed E-state index contributed by atoms with van der Waals surface area (Å²) in [6.45, 7) is 10.8. The van der Waals surface area contributed by atoms with Crippen LogP contribution < -0.4 is 15.0 Å². The molecule has 0 spiro atoms. The summed E-state index contributed by atoms with van der Waals surface area (Å²) < 4.78 is 11.8. The zero-order chi connectivity index (χ0) is 23.2. The third-order valence-corrected chi connectivity index (χ3v) is 7.36. The van der Waals surface area contributed by atoms with Gasteiger partial charge in [-0.15, -0.1) is 0 Å². The largest absolute Gasteiger partial charge is 0.462 e. The highest BCUT2D eigenvalue weighted by Gasteiger charge is 2.45. The topological polar surface area (TPSA) is 83.1 Å². The molecule has 1 aromatic heterocycles. The molecule has 9 heteroatoms. The van der Waals surface area contributed by atoms with Crippen LogP contribution in [-0.4, -0.2) is 89.4 Å². The van der Waals surface area contributed by atoms with Gasteiger partial charge in [0.05, 0.1) is 17.8 Å². The molecule has 0 aromatic carbocycles. The number of ether oxygens (including phenoxy) is 2. The van der Waals surface area contributed by atoms with E-state index >= 15 is 0 Å². The maximum absolute atomic E-state index is 12.9. The number of aromatic nitrogens is 2. The van der Waals surface area contributed by atoms with Crippen LogP contribution in [0.1, 0.15) is 57.7 Å². The molecule has 4 aliphatic heterocycles. The molecule has 33 heavy (non-hydrogen) atoms. The fourth-order valence-electron chi connectivity index (χ4n) is 5.69. The monoisotopic (exact) mass is 458 g/mol. The number of rotatable bonds is 4. The Kier molecular flexibility index (Phi) is 6.11. The van der Waals surface area contributed by atoms with Crippen molar-refractivity contribution in [2.24, 2.45) is 0 Å². The third kappa shape index (κ3) is 4.75. The van der Waals surface area contributed by atoms with E-state index in [9.17, 15) is 4.79 Å². The normalized spacial score (nSPS) is 27.6. The number of nitrogens with zero attached hydrogens (tertiary/aromatic N) is 5. The van der Waals surface area contributed by atoms with Crippen LogP contribution in [0.5, 0.6) is 6.01 Å². The van der Waals surface area contributed by atoms with E-state index in [0.29, 0.717) is 18.7 Å². The van der Waals surface area contributed by atoms with Crippen LogP contribution >= 0.6 is 0 Å². The average Bonchev–Trinajstić information content (AvgIpc) is 3.29. The van der Waals surface area contributed by atoms with E-state index < -0.39 is 5.60 Å². The van der Waals surface area contributed by atoms with Gasteiger partial charge in [0, 0.05) is 31.2 Å². The van der Waals surface area contributed by atoms with E-state index in [1.54, 1.807) is 0 Å². The van der Waals surface area contributed by atoms with Crippen LogP contribution in [0, 0.1) is 0 Å². The summed E-state index contributed by atoms with van der Waals surface area (Å²) in [5.41, 5.74) is 1.79. The molecule has 5 rings (SSSR count). The lowest BCUT2D eigenvalue weighted by atomic mass is 10.1. The van der Waals surface area contributed by atoms with Crippen molar-refractivity contribution in [3.8, 4) is 6.01 Å². The summed E-state index contributed by atoms with van der Waals surface area (Å²) >= 11 is 0. The van der Waals surface area contributed by atoms with Crippen LogP contribution in [0.15, 0.2) is 0 Å². The number of likely N-dealkylation sites (tertiary alicyclic amines) is 1. The number of piperazine rings is 1. The van der Waals surface area contributed by atoms with Gasteiger partial charge in [-0.1, -0.05) is 0 Å². The van der Waals surface area contributed by atoms with E-state index in [-0.39, 0.29) is 18.2 Å². The van der Waals surface area contributed by atoms with Gasteiger partial charge in [0.1, 0.15) is 18.0 Å². The van der Waals surface area contributed by atoms with E-state index in [0.717, 1.165) is 69.9 Å². The Hall–Kier alpha value is -2.13. The highest BCUT2D eigenvalue weighted by atomic mass is 16.6. The highest BCUT2D eigenvalue weighted by molar-refractivity contribution is 5.70. The van der Waals surface area contributed by atoms with Crippen molar-refractivity contribution in [3.05, 3.63) is 11.3 Å². The van der Waals surface area contributed by atoms with Crippen LogP contribution in [0.3, 0.4) is 0 Å². The van der Waals surface area contributed by atoms with Gasteiger partial charge in [-0.2, -0.15) is 9.97 Å². The number of amides is 1. The maximum Gasteiger partial charge on any atom is 0.410 e. The molecule has 3 atom stereocenters. The first-order valence-electron chi connectivity index (χ1n) is 12.5. The minimum Gasteiger partial charge on any atom is -0.462 e. The second-order valence-electron chi connectivity index (χ2n) is 10.9. The fourth-order valence-corrected chi connectivity index (χ4v) is 5.69. The molecule has 0 unspecified atom stereocenters. The van der Waals surface area contributed by atoms with Crippen LogP contribution in [0.2, 0.25) is 0 Å². The number of anilines is 1. The molecule has 5 heterocycles. The second-order valence-corrected chi connectivity index (χ2v) is 10.9. The first kappa shape index (κ1) is 22.7. The summed E-state index contributed by atoms with van der Waals surface area (Å²) in [4.78, 5) is 29.3. The van der Waals surface area contributed by atoms with E-state index in [4.69, 9.17) is 19.4 Å². The smallest absolute Gasteiger partial charge is 0.410 e. The van der Waals surface area contributed by atoms with Crippen molar-refractivity contribution in [3.63, 3.8) is 0 Å². The summed E-state index contributed by atoms with van der Waals surface area (Å²) in [6.07, 6.45) is 5.12. The predicted molar refractivity (Wildman–Crippen MR) is 126 cm³/mol. The van der Waals surface area contributed by atoms with Gasteiger partial charge in [-0.05, 0) is 73.0 Å².